The van der Waals surface area contributed by atoms with Crippen molar-refractivity contribution in [3.8, 4) is 6.01 Å². The lowest BCUT2D eigenvalue weighted by molar-refractivity contribution is 0.0613. The van der Waals surface area contributed by atoms with Crippen molar-refractivity contribution in [1.29, 1.82) is 0 Å². The average molecular weight is 321 g/mol. The number of H-pyrrole nitrogens is 1. The van der Waals surface area contributed by atoms with E-state index in [-0.39, 0.29) is 17.5 Å². The Morgan fingerprint density at radius 2 is 2.17 bits per heavy atom. The molecular weight excluding hydrogens is 298 g/mol. The van der Waals surface area contributed by atoms with Gasteiger partial charge >= 0.3 is 11.7 Å². The van der Waals surface area contributed by atoms with Crippen LogP contribution in [0.2, 0.25) is 0 Å². The second kappa shape index (κ2) is 6.99. The quantitative estimate of drug-likeness (QED) is 0.777. The first-order valence-corrected chi connectivity index (χ1v) is 8.15. The normalized spacial score (nSPS) is 16.0. The third kappa shape index (κ3) is 3.47. The molecule has 8 nitrogen and oxygen atoms in total. The lowest BCUT2D eigenvalue weighted by Crippen LogP contribution is -2.26. The Bertz CT molecular complexity index is 718. The Labute approximate surface area is 134 Å². The lowest BCUT2D eigenvalue weighted by Gasteiger charge is -2.22. The minimum atomic E-state index is -0.210. The van der Waals surface area contributed by atoms with Gasteiger partial charge in [-0.25, -0.2) is 4.79 Å². The van der Waals surface area contributed by atoms with Crippen molar-refractivity contribution in [1.82, 2.24) is 19.5 Å². The number of anilines is 1. The van der Waals surface area contributed by atoms with E-state index in [1.807, 2.05) is 0 Å². The lowest BCUT2D eigenvalue weighted by atomic mass is 10.0. The summed E-state index contributed by atoms with van der Waals surface area (Å²) >= 11 is 0. The summed E-state index contributed by atoms with van der Waals surface area (Å²) in [6.07, 6.45) is 3.83. The summed E-state index contributed by atoms with van der Waals surface area (Å²) < 4.78 is 12.5. The molecule has 1 aliphatic rings. The van der Waals surface area contributed by atoms with Gasteiger partial charge in [-0.2, -0.15) is 9.97 Å². The van der Waals surface area contributed by atoms with Gasteiger partial charge in [0, 0.05) is 19.8 Å². The minimum absolute atomic E-state index is 0.210. The zero-order chi connectivity index (χ0) is 16.2. The fourth-order valence-corrected chi connectivity index (χ4v) is 2.76. The Morgan fingerprint density at radius 3 is 2.91 bits per heavy atom. The number of unbranched alkanes of at least 4 members (excludes halogenated alkanes) is 1. The molecule has 1 saturated heterocycles. The third-order valence-corrected chi connectivity index (χ3v) is 4.14. The topological polar surface area (TPSA) is 108 Å². The second-order valence-corrected chi connectivity index (χ2v) is 5.89. The number of hydrogen-bond donors (Lipinski definition) is 2. The maximum Gasteiger partial charge on any atom is 0.327 e. The highest BCUT2D eigenvalue weighted by atomic mass is 16.5. The molecule has 23 heavy (non-hydrogen) atoms. The fourth-order valence-electron chi connectivity index (χ4n) is 2.76. The molecule has 0 aliphatic carbocycles. The van der Waals surface area contributed by atoms with Crippen molar-refractivity contribution in [2.45, 2.75) is 39.2 Å². The number of fused-ring (bicyclic) bond motifs is 1. The summed E-state index contributed by atoms with van der Waals surface area (Å²) in [5.41, 5.74) is 6.72. The van der Waals surface area contributed by atoms with E-state index in [2.05, 4.69) is 21.9 Å². The van der Waals surface area contributed by atoms with Gasteiger partial charge < -0.3 is 20.2 Å². The monoisotopic (exact) mass is 321 g/mol. The molecule has 0 radical (unpaired) electrons. The summed E-state index contributed by atoms with van der Waals surface area (Å²) in [4.78, 5) is 23.5. The maximum absolute atomic E-state index is 12.2. The van der Waals surface area contributed by atoms with Crippen LogP contribution in [0.3, 0.4) is 0 Å². The van der Waals surface area contributed by atoms with Crippen LogP contribution in [0.15, 0.2) is 4.79 Å². The Balaban J connectivity index is 1.89. The number of ether oxygens (including phenoxy) is 2. The van der Waals surface area contributed by atoms with E-state index < -0.39 is 0 Å². The van der Waals surface area contributed by atoms with E-state index in [0.717, 1.165) is 38.9 Å². The minimum Gasteiger partial charge on any atom is -0.463 e. The van der Waals surface area contributed by atoms with Gasteiger partial charge in [-0.1, -0.05) is 13.3 Å². The van der Waals surface area contributed by atoms with Crippen molar-refractivity contribution in [3.05, 3.63) is 10.5 Å². The van der Waals surface area contributed by atoms with Crippen LogP contribution in [0, 0.1) is 5.92 Å². The molecule has 1 aliphatic heterocycles. The van der Waals surface area contributed by atoms with Crippen LogP contribution in [0.1, 0.15) is 32.6 Å². The summed E-state index contributed by atoms with van der Waals surface area (Å²) in [5.74, 6) is 0.644. The first-order chi connectivity index (χ1) is 11.2. The number of nitrogens with one attached hydrogen (secondary N) is 1. The van der Waals surface area contributed by atoms with Crippen LogP contribution >= 0.6 is 0 Å². The Hall–Kier alpha value is -2.09. The van der Waals surface area contributed by atoms with Crippen molar-refractivity contribution in [3.63, 3.8) is 0 Å². The maximum atomic E-state index is 12.2. The van der Waals surface area contributed by atoms with Gasteiger partial charge in [0.05, 0.1) is 6.61 Å². The predicted octanol–water partition coefficient (Wildman–Crippen LogP) is 1.31. The highest BCUT2D eigenvalue weighted by Crippen LogP contribution is 2.21. The molecule has 0 saturated carbocycles. The van der Waals surface area contributed by atoms with Gasteiger partial charge in [-0.3, -0.25) is 4.57 Å². The first kappa shape index (κ1) is 15.8. The zero-order valence-electron chi connectivity index (χ0n) is 13.4. The Morgan fingerprint density at radius 1 is 1.39 bits per heavy atom. The Kier molecular flexibility index (Phi) is 4.80. The van der Waals surface area contributed by atoms with Crippen LogP contribution in [-0.2, 0) is 11.3 Å². The first-order valence-electron chi connectivity index (χ1n) is 8.15. The van der Waals surface area contributed by atoms with E-state index in [0.29, 0.717) is 30.2 Å². The molecule has 0 unspecified atom stereocenters. The molecule has 2 aromatic heterocycles. The van der Waals surface area contributed by atoms with Crippen molar-refractivity contribution < 1.29 is 9.47 Å². The molecule has 2 aromatic rings. The van der Waals surface area contributed by atoms with Gasteiger partial charge in [-0.05, 0) is 25.2 Å². The number of nitrogens with two attached hydrogens (primary N) is 1. The van der Waals surface area contributed by atoms with E-state index in [1.54, 1.807) is 4.57 Å². The fraction of sp³-hybridized carbons (Fsp3) is 0.667. The van der Waals surface area contributed by atoms with E-state index in [1.165, 1.54) is 0 Å². The van der Waals surface area contributed by atoms with Crippen molar-refractivity contribution in [2.24, 2.45) is 5.92 Å². The summed E-state index contributed by atoms with van der Waals surface area (Å²) in [6, 6.07) is 0.225. The third-order valence-electron chi connectivity index (χ3n) is 4.14. The molecule has 3 N–H and O–H groups in total. The predicted molar refractivity (Wildman–Crippen MR) is 86.5 cm³/mol. The second-order valence-electron chi connectivity index (χ2n) is 5.89. The highest BCUT2D eigenvalue weighted by molar-refractivity contribution is 5.81. The van der Waals surface area contributed by atoms with Crippen molar-refractivity contribution in [2.75, 3.05) is 25.6 Å². The number of nitrogen functional groups attached to an aromatic ring is 1. The highest BCUT2D eigenvalue weighted by Gasteiger charge is 2.19. The van der Waals surface area contributed by atoms with Crippen LogP contribution in [0.25, 0.3) is 11.2 Å². The van der Waals surface area contributed by atoms with Crippen LogP contribution in [0.4, 0.5) is 5.82 Å². The molecule has 8 heteroatoms. The molecule has 0 amide bonds. The summed E-state index contributed by atoms with van der Waals surface area (Å²) in [7, 11) is 0. The van der Waals surface area contributed by atoms with Crippen LogP contribution < -0.4 is 16.2 Å². The number of hydrogen-bond acceptors (Lipinski definition) is 6. The van der Waals surface area contributed by atoms with E-state index >= 15 is 0 Å². The zero-order valence-corrected chi connectivity index (χ0v) is 13.4. The van der Waals surface area contributed by atoms with Gasteiger partial charge in [-0.15, -0.1) is 0 Å². The number of aromatic nitrogens is 4. The number of imidazole rings is 1. The number of nitrogens with zero attached hydrogens (tertiary/aromatic N) is 3. The molecular formula is C15H23N5O3. The molecule has 3 heterocycles. The summed E-state index contributed by atoms with van der Waals surface area (Å²) in [6.45, 7) is 4.71. The smallest absolute Gasteiger partial charge is 0.327 e. The number of aromatic amines is 1. The standard InChI is InChI=1S/C15H23N5O3/c1-2-3-6-23-14-18-12(16)11-13(19-14)20(15(21)17-11)9-10-4-7-22-8-5-10/h10H,2-9H2,1H3,(H,17,21)(H2,16,18,19). The average Bonchev–Trinajstić information content (AvgIpc) is 2.86. The van der Waals surface area contributed by atoms with Gasteiger partial charge in [0.1, 0.15) is 5.52 Å². The SMILES string of the molecule is CCCCOc1nc(N)c2[nH]c(=O)n(CC3CCOCC3)c2n1. The molecule has 126 valence electrons. The van der Waals surface area contributed by atoms with Gasteiger partial charge in [0.25, 0.3) is 0 Å². The largest absolute Gasteiger partial charge is 0.463 e. The van der Waals surface area contributed by atoms with Gasteiger partial charge in [0.15, 0.2) is 11.5 Å². The van der Waals surface area contributed by atoms with Gasteiger partial charge in [0.2, 0.25) is 0 Å². The molecule has 3 rings (SSSR count). The van der Waals surface area contributed by atoms with E-state index in [9.17, 15) is 4.79 Å². The molecule has 0 atom stereocenters. The van der Waals surface area contributed by atoms with E-state index in [4.69, 9.17) is 15.2 Å². The number of rotatable bonds is 6. The molecule has 0 aromatic carbocycles. The molecule has 0 bridgehead atoms. The van der Waals surface area contributed by atoms with Crippen LogP contribution in [-0.4, -0.2) is 39.3 Å². The van der Waals surface area contributed by atoms with Crippen molar-refractivity contribution >= 4 is 17.0 Å². The molecule has 1 fully saturated rings. The summed E-state index contributed by atoms with van der Waals surface area (Å²) in [5, 5.41) is 0. The van der Waals surface area contributed by atoms with Crippen LogP contribution in [0.5, 0.6) is 6.01 Å². The molecule has 0 spiro atoms.